The molecular weight excluding hydrogens is 316 g/mol. The Morgan fingerprint density at radius 2 is 2.04 bits per heavy atom. The number of nitrogens with two attached hydrogens (primary N) is 1. The smallest absolute Gasteiger partial charge is 0.277 e. The Balaban J connectivity index is 1.64. The minimum atomic E-state index is -0.318. The third-order valence-corrected chi connectivity index (χ3v) is 3.86. The highest BCUT2D eigenvalue weighted by Gasteiger charge is 2.10. The van der Waals surface area contributed by atoms with Crippen LogP contribution < -0.4 is 16.0 Å². The van der Waals surface area contributed by atoms with E-state index in [1.165, 1.54) is 0 Å². The molecule has 0 bridgehead atoms. The van der Waals surface area contributed by atoms with Crippen molar-refractivity contribution in [1.82, 2.24) is 15.6 Å². The Morgan fingerprint density at radius 3 is 2.91 bits per heavy atom. The maximum atomic E-state index is 11.1. The number of nitrogens with zero attached hydrogens (tertiary/aromatic N) is 2. The van der Waals surface area contributed by atoms with Gasteiger partial charge < -0.3 is 9.15 Å². The molecule has 0 unspecified atom stereocenters. The Hall–Kier alpha value is -2.58. The molecule has 0 radical (unpaired) electrons. The van der Waals surface area contributed by atoms with E-state index in [1.54, 1.807) is 0 Å². The number of thioether (sulfide) groups is 1. The van der Waals surface area contributed by atoms with E-state index >= 15 is 0 Å². The predicted octanol–water partition coefficient (Wildman–Crippen LogP) is 1.88. The van der Waals surface area contributed by atoms with Gasteiger partial charge in [-0.2, -0.15) is 0 Å². The van der Waals surface area contributed by atoms with Gasteiger partial charge in [-0.25, -0.2) is 5.84 Å². The normalized spacial score (nSPS) is 10.7. The first kappa shape index (κ1) is 15.3. The molecule has 0 atom stereocenters. The lowest BCUT2D eigenvalue weighted by Crippen LogP contribution is -2.31. The topological polar surface area (TPSA) is 103 Å². The van der Waals surface area contributed by atoms with Crippen LogP contribution in [0.1, 0.15) is 5.89 Å². The highest BCUT2D eigenvalue weighted by atomic mass is 32.2. The number of hydrogen-bond acceptors (Lipinski definition) is 7. The van der Waals surface area contributed by atoms with E-state index < -0.39 is 0 Å². The second kappa shape index (κ2) is 7.12. The number of fused-ring (bicyclic) bond motifs is 1. The van der Waals surface area contributed by atoms with Gasteiger partial charge in [0.25, 0.3) is 11.1 Å². The van der Waals surface area contributed by atoms with E-state index in [-0.39, 0.29) is 18.3 Å². The molecule has 7 nitrogen and oxygen atoms in total. The Labute approximate surface area is 136 Å². The maximum absolute atomic E-state index is 11.1. The lowest BCUT2D eigenvalue weighted by Gasteiger charge is -2.07. The predicted molar refractivity (Wildman–Crippen MR) is 85.6 cm³/mol. The fourth-order valence-corrected chi connectivity index (χ4v) is 2.58. The van der Waals surface area contributed by atoms with Gasteiger partial charge in [0.2, 0.25) is 5.91 Å². The summed E-state index contributed by atoms with van der Waals surface area (Å²) in [6, 6.07) is 13.8. The van der Waals surface area contributed by atoms with Gasteiger partial charge in [0, 0.05) is 5.39 Å². The summed E-state index contributed by atoms with van der Waals surface area (Å²) in [5, 5.41) is 10.1. The molecule has 0 saturated heterocycles. The van der Waals surface area contributed by atoms with E-state index in [1.807, 2.05) is 47.9 Å². The van der Waals surface area contributed by atoms with Crippen LogP contribution in [0, 0.1) is 0 Å². The zero-order valence-corrected chi connectivity index (χ0v) is 12.9. The molecule has 2 aromatic carbocycles. The van der Waals surface area contributed by atoms with Crippen molar-refractivity contribution in [2.45, 2.75) is 11.8 Å². The SMILES string of the molecule is NNC(=O)CSc1nnc(COc2cccc3ccccc23)o1. The number of amides is 1. The Kier molecular flexibility index (Phi) is 4.74. The van der Waals surface area contributed by atoms with Crippen molar-refractivity contribution in [2.75, 3.05) is 5.75 Å². The number of aromatic nitrogens is 2. The van der Waals surface area contributed by atoms with Gasteiger partial charge in [0.05, 0.1) is 5.75 Å². The summed E-state index contributed by atoms with van der Waals surface area (Å²) in [4.78, 5) is 11.1. The van der Waals surface area contributed by atoms with E-state index in [0.29, 0.717) is 11.1 Å². The lowest BCUT2D eigenvalue weighted by molar-refractivity contribution is -0.118. The number of carbonyl (C=O) groups excluding carboxylic acids is 1. The minimum Gasteiger partial charge on any atom is -0.483 e. The van der Waals surface area contributed by atoms with Gasteiger partial charge >= 0.3 is 0 Å². The van der Waals surface area contributed by atoms with Crippen LogP contribution in [-0.2, 0) is 11.4 Å². The van der Waals surface area contributed by atoms with Crippen molar-refractivity contribution in [1.29, 1.82) is 0 Å². The molecule has 1 aromatic heterocycles. The zero-order chi connectivity index (χ0) is 16.1. The van der Waals surface area contributed by atoms with Gasteiger partial charge in [0.15, 0.2) is 6.61 Å². The van der Waals surface area contributed by atoms with Crippen molar-refractivity contribution in [3.8, 4) is 5.75 Å². The molecule has 0 aliphatic carbocycles. The summed E-state index contributed by atoms with van der Waals surface area (Å²) in [6.07, 6.45) is 0. The number of carbonyl (C=O) groups is 1. The number of nitrogens with one attached hydrogen (secondary N) is 1. The van der Waals surface area contributed by atoms with Gasteiger partial charge in [-0.3, -0.25) is 10.2 Å². The molecule has 3 N–H and O–H groups in total. The summed E-state index contributed by atoms with van der Waals surface area (Å²) in [7, 11) is 0. The molecule has 23 heavy (non-hydrogen) atoms. The second-order valence-corrected chi connectivity index (χ2v) is 5.51. The van der Waals surface area contributed by atoms with E-state index in [9.17, 15) is 4.79 Å². The number of rotatable bonds is 6. The summed E-state index contributed by atoms with van der Waals surface area (Å²) in [6.45, 7) is 0.157. The van der Waals surface area contributed by atoms with Gasteiger partial charge in [-0.15, -0.1) is 10.2 Å². The fourth-order valence-electron chi connectivity index (χ4n) is 1.98. The zero-order valence-electron chi connectivity index (χ0n) is 12.1. The quantitative estimate of drug-likeness (QED) is 0.308. The van der Waals surface area contributed by atoms with Crippen LogP contribution in [0.2, 0.25) is 0 Å². The Bertz CT molecular complexity index is 816. The molecule has 118 valence electrons. The molecule has 1 heterocycles. The van der Waals surface area contributed by atoms with Crippen LogP contribution in [-0.4, -0.2) is 21.9 Å². The highest BCUT2D eigenvalue weighted by Crippen LogP contribution is 2.26. The first-order valence-electron chi connectivity index (χ1n) is 6.81. The summed E-state index contributed by atoms with van der Waals surface area (Å²) in [5.74, 6) is 5.88. The third kappa shape index (κ3) is 3.79. The third-order valence-electron chi connectivity index (χ3n) is 3.04. The maximum Gasteiger partial charge on any atom is 0.277 e. The van der Waals surface area contributed by atoms with Crippen molar-refractivity contribution in [3.05, 3.63) is 48.4 Å². The Morgan fingerprint density at radius 1 is 1.22 bits per heavy atom. The van der Waals surface area contributed by atoms with E-state index in [4.69, 9.17) is 15.0 Å². The van der Waals surface area contributed by atoms with E-state index in [2.05, 4.69) is 10.2 Å². The number of hydrazine groups is 1. The molecule has 0 fully saturated rings. The van der Waals surface area contributed by atoms with Gasteiger partial charge in [-0.05, 0) is 11.5 Å². The van der Waals surface area contributed by atoms with Crippen LogP contribution in [0.25, 0.3) is 10.8 Å². The van der Waals surface area contributed by atoms with Crippen molar-refractivity contribution < 1.29 is 13.9 Å². The second-order valence-electron chi connectivity index (χ2n) is 4.58. The first-order valence-corrected chi connectivity index (χ1v) is 7.80. The van der Waals surface area contributed by atoms with Crippen molar-refractivity contribution in [3.63, 3.8) is 0 Å². The summed E-state index contributed by atoms with van der Waals surface area (Å²) >= 11 is 1.11. The van der Waals surface area contributed by atoms with Crippen molar-refractivity contribution >= 4 is 28.4 Å². The molecule has 3 aromatic rings. The lowest BCUT2D eigenvalue weighted by atomic mass is 10.1. The number of hydrogen-bond donors (Lipinski definition) is 2. The minimum absolute atomic E-state index is 0.113. The molecule has 0 spiro atoms. The van der Waals surface area contributed by atoms with Crippen LogP contribution in [0.3, 0.4) is 0 Å². The fraction of sp³-hybridized carbons (Fsp3) is 0.133. The molecule has 8 heteroatoms. The largest absolute Gasteiger partial charge is 0.483 e. The number of benzene rings is 2. The van der Waals surface area contributed by atoms with Gasteiger partial charge in [-0.1, -0.05) is 48.2 Å². The van der Waals surface area contributed by atoms with Crippen LogP contribution in [0.15, 0.2) is 52.1 Å². The van der Waals surface area contributed by atoms with Gasteiger partial charge in [0.1, 0.15) is 5.75 Å². The molecule has 3 rings (SSSR count). The molecular formula is C15H14N4O3S. The van der Waals surface area contributed by atoms with Crippen LogP contribution in [0.4, 0.5) is 0 Å². The monoisotopic (exact) mass is 330 g/mol. The summed E-state index contributed by atoms with van der Waals surface area (Å²) < 4.78 is 11.2. The molecule has 0 saturated carbocycles. The van der Waals surface area contributed by atoms with E-state index in [0.717, 1.165) is 28.3 Å². The first-order chi connectivity index (χ1) is 11.3. The van der Waals surface area contributed by atoms with Crippen molar-refractivity contribution in [2.24, 2.45) is 5.84 Å². The standard InChI is InChI=1S/C15H14N4O3S/c16-17-13(20)9-23-15-19-18-14(22-15)8-21-12-7-3-5-10-4-1-2-6-11(10)12/h1-7H,8-9,16H2,(H,17,20). The molecule has 1 amide bonds. The summed E-state index contributed by atoms with van der Waals surface area (Å²) in [5.41, 5.74) is 2.03. The molecule has 0 aliphatic rings. The highest BCUT2D eigenvalue weighted by molar-refractivity contribution is 7.99. The average Bonchev–Trinajstić information content (AvgIpc) is 3.05. The molecule has 0 aliphatic heterocycles. The van der Waals surface area contributed by atoms with Crippen LogP contribution >= 0.6 is 11.8 Å². The van der Waals surface area contributed by atoms with Crippen LogP contribution in [0.5, 0.6) is 5.75 Å². The average molecular weight is 330 g/mol. The number of ether oxygens (including phenoxy) is 1.